The SMILES string of the molecule is NCCCCCC1CCCC(N(OCCN2CCOCC2)C(N)=O)C1. The lowest BCUT2D eigenvalue weighted by Gasteiger charge is -2.36. The highest BCUT2D eigenvalue weighted by Gasteiger charge is 2.29. The first-order chi connectivity index (χ1) is 12.2. The lowest BCUT2D eigenvalue weighted by atomic mass is 9.82. The van der Waals surface area contributed by atoms with Crippen LogP contribution in [0.5, 0.6) is 0 Å². The number of carbonyl (C=O) groups is 1. The van der Waals surface area contributed by atoms with Gasteiger partial charge in [-0.1, -0.05) is 32.1 Å². The van der Waals surface area contributed by atoms with Gasteiger partial charge in [-0.05, 0) is 31.7 Å². The second-order valence-corrected chi connectivity index (χ2v) is 7.28. The van der Waals surface area contributed by atoms with E-state index in [9.17, 15) is 4.79 Å². The Morgan fingerprint density at radius 2 is 2.00 bits per heavy atom. The summed E-state index contributed by atoms with van der Waals surface area (Å²) in [7, 11) is 0. The van der Waals surface area contributed by atoms with E-state index >= 15 is 0 Å². The van der Waals surface area contributed by atoms with Crippen molar-refractivity contribution in [3.05, 3.63) is 0 Å². The number of unbranched alkanes of at least 4 members (excludes halogenated alkanes) is 2. The molecule has 1 saturated carbocycles. The molecule has 0 bridgehead atoms. The van der Waals surface area contributed by atoms with Crippen LogP contribution in [0.1, 0.15) is 51.4 Å². The number of rotatable bonds is 10. The van der Waals surface area contributed by atoms with Crippen LogP contribution in [0.15, 0.2) is 0 Å². The Morgan fingerprint density at radius 1 is 1.20 bits per heavy atom. The molecule has 2 amide bonds. The third-order valence-corrected chi connectivity index (χ3v) is 5.36. The summed E-state index contributed by atoms with van der Waals surface area (Å²) in [4.78, 5) is 20.0. The minimum absolute atomic E-state index is 0.121. The molecule has 2 rings (SSSR count). The van der Waals surface area contributed by atoms with E-state index < -0.39 is 6.03 Å². The molecule has 0 aromatic rings. The van der Waals surface area contributed by atoms with Crippen LogP contribution in [0.25, 0.3) is 0 Å². The Hall–Kier alpha value is -0.890. The first-order valence-corrected chi connectivity index (χ1v) is 9.92. The van der Waals surface area contributed by atoms with E-state index in [-0.39, 0.29) is 6.04 Å². The number of carbonyl (C=O) groups excluding carboxylic acids is 1. The predicted octanol–water partition coefficient (Wildman–Crippen LogP) is 1.71. The van der Waals surface area contributed by atoms with E-state index in [1.807, 2.05) is 0 Å². The van der Waals surface area contributed by atoms with Gasteiger partial charge in [0.25, 0.3) is 0 Å². The van der Waals surface area contributed by atoms with Crippen LogP contribution >= 0.6 is 0 Å². The minimum Gasteiger partial charge on any atom is -0.379 e. The lowest BCUT2D eigenvalue weighted by Crippen LogP contribution is -2.47. The molecule has 4 N–H and O–H groups in total. The van der Waals surface area contributed by atoms with E-state index in [2.05, 4.69) is 4.90 Å². The molecule has 0 aromatic carbocycles. The number of hydroxylamine groups is 2. The highest BCUT2D eigenvalue weighted by molar-refractivity contribution is 5.71. The average Bonchev–Trinajstić information content (AvgIpc) is 2.63. The van der Waals surface area contributed by atoms with Crippen LogP contribution in [-0.4, -0.2) is 68.0 Å². The van der Waals surface area contributed by atoms with E-state index in [1.165, 1.54) is 30.7 Å². The summed E-state index contributed by atoms with van der Waals surface area (Å²) in [5, 5.41) is 1.45. The van der Waals surface area contributed by atoms with Crippen molar-refractivity contribution in [3.63, 3.8) is 0 Å². The van der Waals surface area contributed by atoms with Crippen LogP contribution in [0, 0.1) is 5.92 Å². The van der Waals surface area contributed by atoms with Crippen LogP contribution in [0.3, 0.4) is 0 Å². The maximum atomic E-state index is 11.9. The van der Waals surface area contributed by atoms with E-state index in [0.29, 0.717) is 12.5 Å². The molecule has 0 radical (unpaired) electrons. The van der Waals surface area contributed by atoms with Crippen molar-refractivity contribution >= 4 is 6.03 Å². The van der Waals surface area contributed by atoms with Gasteiger partial charge >= 0.3 is 6.03 Å². The van der Waals surface area contributed by atoms with Crippen LogP contribution in [-0.2, 0) is 9.57 Å². The molecule has 7 nitrogen and oxygen atoms in total. The summed E-state index contributed by atoms with van der Waals surface area (Å²) in [5.41, 5.74) is 11.1. The zero-order chi connectivity index (χ0) is 17.9. The van der Waals surface area contributed by atoms with Gasteiger partial charge in [-0.25, -0.2) is 9.86 Å². The number of nitrogens with zero attached hydrogens (tertiary/aromatic N) is 2. The summed E-state index contributed by atoms with van der Waals surface area (Å²) < 4.78 is 5.35. The van der Waals surface area contributed by atoms with Gasteiger partial charge in [0.05, 0.1) is 25.9 Å². The zero-order valence-electron chi connectivity index (χ0n) is 15.5. The standard InChI is InChI=1S/C18H36N4O3/c19-8-3-1-2-5-16-6-4-7-17(15-16)22(18(20)23)25-14-11-21-9-12-24-13-10-21/h16-17H,1-15,19H2,(H2,20,23). The maximum absolute atomic E-state index is 11.9. The van der Waals surface area contributed by atoms with Crippen molar-refractivity contribution in [1.29, 1.82) is 0 Å². The second kappa shape index (κ2) is 11.7. The molecule has 0 aromatic heterocycles. The average molecular weight is 357 g/mol. The third kappa shape index (κ3) is 7.48. The van der Waals surface area contributed by atoms with E-state index in [0.717, 1.165) is 65.1 Å². The van der Waals surface area contributed by atoms with Crippen LogP contribution < -0.4 is 11.5 Å². The molecule has 2 unspecified atom stereocenters. The van der Waals surface area contributed by atoms with Gasteiger partial charge in [0, 0.05) is 19.6 Å². The van der Waals surface area contributed by atoms with Gasteiger partial charge < -0.3 is 16.2 Å². The Morgan fingerprint density at radius 3 is 2.72 bits per heavy atom. The lowest BCUT2D eigenvalue weighted by molar-refractivity contribution is -0.156. The van der Waals surface area contributed by atoms with Gasteiger partial charge in [0.15, 0.2) is 0 Å². The molecule has 2 fully saturated rings. The van der Waals surface area contributed by atoms with Gasteiger partial charge in [0.1, 0.15) is 0 Å². The number of amides is 2. The largest absolute Gasteiger partial charge is 0.379 e. The number of ether oxygens (including phenoxy) is 1. The van der Waals surface area contributed by atoms with Gasteiger partial charge in [-0.3, -0.25) is 9.74 Å². The van der Waals surface area contributed by atoms with Crippen LogP contribution in [0.4, 0.5) is 4.79 Å². The van der Waals surface area contributed by atoms with Gasteiger partial charge in [-0.2, -0.15) is 0 Å². The summed E-state index contributed by atoms with van der Waals surface area (Å²) in [6.07, 6.45) is 9.13. The number of hydrogen-bond acceptors (Lipinski definition) is 5. The fourth-order valence-corrected chi connectivity index (χ4v) is 3.93. The molecule has 7 heteroatoms. The monoisotopic (exact) mass is 356 g/mol. The summed E-state index contributed by atoms with van der Waals surface area (Å²) in [6, 6.07) is -0.341. The third-order valence-electron chi connectivity index (χ3n) is 5.36. The summed E-state index contributed by atoms with van der Waals surface area (Å²) in [5.74, 6) is 0.668. The highest BCUT2D eigenvalue weighted by Crippen LogP contribution is 2.31. The predicted molar refractivity (Wildman–Crippen MR) is 97.9 cm³/mol. The molecule has 1 aliphatic heterocycles. The first kappa shape index (κ1) is 20.4. The van der Waals surface area contributed by atoms with Crippen molar-refractivity contribution in [1.82, 2.24) is 9.96 Å². The topological polar surface area (TPSA) is 94.0 Å². The zero-order valence-corrected chi connectivity index (χ0v) is 15.5. The maximum Gasteiger partial charge on any atom is 0.338 e. The number of morpholine rings is 1. The smallest absolute Gasteiger partial charge is 0.338 e. The molecule has 1 heterocycles. The number of primary amides is 1. The highest BCUT2D eigenvalue weighted by atomic mass is 16.7. The Labute approximate surface area is 151 Å². The van der Waals surface area contributed by atoms with E-state index in [1.54, 1.807) is 0 Å². The summed E-state index contributed by atoms with van der Waals surface area (Å²) in [6.45, 7) is 5.48. The molecule has 1 saturated heterocycles. The second-order valence-electron chi connectivity index (χ2n) is 7.28. The molecule has 2 aliphatic rings. The Balaban J connectivity index is 1.72. The summed E-state index contributed by atoms with van der Waals surface area (Å²) >= 11 is 0. The Kier molecular flexibility index (Phi) is 9.54. The van der Waals surface area contributed by atoms with Crippen molar-refractivity contribution in [2.45, 2.75) is 57.4 Å². The van der Waals surface area contributed by atoms with Crippen LogP contribution in [0.2, 0.25) is 0 Å². The first-order valence-electron chi connectivity index (χ1n) is 9.92. The minimum atomic E-state index is -0.462. The van der Waals surface area contributed by atoms with Crippen molar-refractivity contribution in [2.24, 2.45) is 17.4 Å². The molecule has 1 aliphatic carbocycles. The van der Waals surface area contributed by atoms with Crippen molar-refractivity contribution in [3.8, 4) is 0 Å². The number of urea groups is 1. The Bertz CT molecular complexity index is 377. The quantitative estimate of drug-likeness (QED) is 0.459. The molecule has 2 atom stereocenters. The molecule has 146 valence electrons. The molecule has 25 heavy (non-hydrogen) atoms. The number of nitrogens with two attached hydrogens (primary N) is 2. The van der Waals surface area contributed by atoms with Crippen molar-refractivity contribution < 1.29 is 14.4 Å². The molecule has 0 spiro atoms. The van der Waals surface area contributed by atoms with Crippen molar-refractivity contribution in [2.75, 3.05) is 46.0 Å². The number of hydrogen-bond donors (Lipinski definition) is 2. The van der Waals surface area contributed by atoms with Gasteiger partial charge in [-0.15, -0.1) is 0 Å². The van der Waals surface area contributed by atoms with Gasteiger partial charge in [0.2, 0.25) is 0 Å². The molecular formula is C18H36N4O3. The fourth-order valence-electron chi connectivity index (χ4n) is 3.93. The van der Waals surface area contributed by atoms with E-state index in [4.69, 9.17) is 21.0 Å². The normalized spacial score (nSPS) is 25.0. The molecular weight excluding hydrogens is 320 g/mol. The fraction of sp³-hybridized carbons (Fsp3) is 0.944.